The second-order valence-electron chi connectivity index (χ2n) is 2.46. The first-order valence-corrected chi connectivity index (χ1v) is 4.03. The predicted molar refractivity (Wildman–Crippen MR) is 46.6 cm³/mol. The standard InChI is InChI=1S/C7H7N3S/c1-4-2-5(8)3-6-7(4)9-10-11-6/h2-3H,8H2,1H3. The molecule has 1 aromatic heterocycles. The van der Waals surface area contributed by atoms with Gasteiger partial charge in [0.1, 0.15) is 5.52 Å². The summed E-state index contributed by atoms with van der Waals surface area (Å²) in [5.41, 5.74) is 8.47. The van der Waals surface area contributed by atoms with Crippen molar-refractivity contribution in [1.29, 1.82) is 0 Å². The number of fused-ring (bicyclic) bond motifs is 1. The predicted octanol–water partition coefficient (Wildman–Crippen LogP) is 1.58. The van der Waals surface area contributed by atoms with Crippen LogP contribution in [0.5, 0.6) is 0 Å². The van der Waals surface area contributed by atoms with E-state index in [-0.39, 0.29) is 0 Å². The van der Waals surface area contributed by atoms with Crippen LogP contribution in [0.15, 0.2) is 12.1 Å². The summed E-state index contributed by atoms with van der Waals surface area (Å²) in [6.45, 7) is 1.99. The Balaban J connectivity index is 2.91. The first-order chi connectivity index (χ1) is 5.27. The second kappa shape index (κ2) is 2.17. The molecule has 0 aliphatic heterocycles. The molecule has 2 rings (SSSR count). The number of nitrogen functional groups attached to an aromatic ring is 1. The lowest BCUT2D eigenvalue weighted by Gasteiger charge is -1.94. The Labute approximate surface area is 68.0 Å². The van der Waals surface area contributed by atoms with Crippen molar-refractivity contribution in [3.05, 3.63) is 17.7 Å². The third kappa shape index (κ3) is 0.952. The molecule has 56 valence electrons. The molecule has 0 unspecified atom stereocenters. The number of rotatable bonds is 0. The first kappa shape index (κ1) is 6.54. The summed E-state index contributed by atoms with van der Waals surface area (Å²) in [7, 11) is 0. The van der Waals surface area contributed by atoms with Crippen molar-refractivity contribution >= 4 is 27.4 Å². The summed E-state index contributed by atoms with van der Waals surface area (Å²) >= 11 is 1.37. The van der Waals surface area contributed by atoms with Crippen LogP contribution in [0.4, 0.5) is 5.69 Å². The van der Waals surface area contributed by atoms with E-state index in [1.54, 1.807) is 0 Å². The number of benzene rings is 1. The van der Waals surface area contributed by atoms with E-state index in [9.17, 15) is 0 Å². The van der Waals surface area contributed by atoms with E-state index in [4.69, 9.17) is 5.73 Å². The molecule has 4 heteroatoms. The Bertz CT molecular complexity index is 393. The summed E-state index contributed by atoms with van der Waals surface area (Å²) in [6, 6.07) is 3.80. The molecule has 2 N–H and O–H groups in total. The van der Waals surface area contributed by atoms with Gasteiger partial charge in [0, 0.05) is 5.69 Å². The van der Waals surface area contributed by atoms with Gasteiger partial charge in [-0.15, -0.1) is 5.10 Å². The van der Waals surface area contributed by atoms with Crippen LogP contribution < -0.4 is 5.73 Å². The molecule has 0 amide bonds. The fourth-order valence-electron chi connectivity index (χ4n) is 1.08. The van der Waals surface area contributed by atoms with Crippen molar-refractivity contribution in [2.75, 3.05) is 5.73 Å². The van der Waals surface area contributed by atoms with Crippen LogP contribution >= 0.6 is 11.5 Å². The Morgan fingerprint density at radius 1 is 1.45 bits per heavy atom. The molecule has 0 atom stereocenters. The number of anilines is 1. The van der Waals surface area contributed by atoms with Gasteiger partial charge in [0.15, 0.2) is 0 Å². The number of nitrogens with zero attached hydrogens (tertiary/aromatic N) is 2. The van der Waals surface area contributed by atoms with E-state index in [2.05, 4.69) is 9.59 Å². The van der Waals surface area contributed by atoms with Crippen molar-refractivity contribution in [2.45, 2.75) is 6.92 Å². The molecule has 0 fully saturated rings. The minimum atomic E-state index is 0.779. The van der Waals surface area contributed by atoms with E-state index >= 15 is 0 Å². The third-order valence-corrected chi connectivity index (χ3v) is 2.24. The molecule has 2 aromatic rings. The number of hydrogen-bond donors (Lipinski definition) is 1. The van der Waals surface area contributed by atoms with Gasteiger partial charge in [-0.05, 0) is 36.2 Å². The van der Waals surface area contributed by atoms with Crippen molar-refractivity contribution in [2.24, 2.45) is 0 Å². The zero-order chi connectivity index (χ0) is 7.84. The van der Waals surface area contributed by atoms with Crippen LogP contribution in [-0.2, 0) is 0 Å². The maximum atomic E-state index is 5.64. The molecule has 0 saturated carbocycles. The van der Waals surface area contributed by atoms with Gasteiger partial charge in [0.05, 0.1) is 4.70 Å². The molecule has 11 heavy (non-hydrogen) atoms. The first-order valence-electron chi connectivity index (χ1n) is 3.25. The summed E-state index contributed by atoms with van der Waals surface area (Å²) in [5.74, 6) is 0. The molecule has 0 saturated heterocycles. The Kier molecular flexibility index (Phi) is 1.29. The Hall–Kier alpha value is -1.16. The molecule has 1 heterocycles. The highest BCUT2D eigenvalue weighted by Gasteiger charge is 2.01. The van der Waals surface area contributed by atoms with Gasteiger partial charge < -0.3 is 5.73 Å². The molecule has 0 aliphatic rings. The van der Waals surface area contributed by atoms with Crippen molar-refractivity contribution < 1.29 is 0 Å². The highest BCUT2D eigenvalue weighted by molar-refractivity contribution is 7.13. The fraction of sp³-hybridized carbons (Fsp3) is 0.143. The summed E-state index contributed by atoms with van der Waals surface area (Å²) in [6.07, 6.45) is 0. The molecule has 0 radical (unpaired) electrons. The number of aryl methyl sites for hydroxylation is 1. The van der Waals surface area contributed by atoms with Gasteiger partial charge >= 0.3 is 0 Å². The molecule has 0 aliphatic carbocycles. The quantitative estimate of drug-likeness (QED) is 0.603. The topological polar surface area (TPSA) is 51.8 Å². The summed E-state index contributed by atoms with van der Waals surface area (Å²) in [4.78, 5) is 0. The number of nitrogens with two attached hydrogens (primary N) is 1. The van der Waals surface area contributed by atoms with Crippen LogP contribution in [0.25, 0.3) is 10.2 Å². The SMILES string of the molecule is Cc1cc(N)cc2snnc12. The maximum Gasteiger partial charge on any atom is 0.109 e. The van der Waals surface area contributed by atoms with Gasteiger partial charge in [-0.1, -0.05) is 4.49 Å². The zero-order valence-electron chi connectivity index (χ0n) is 6.03. The lowest BCUT2D eigenvalue weighted by atomic mass is 10.2. The summed E-state index contributed by atoms with van der Waals surface area (Å²) < 4.78 is 4.90. The lowest BCUT2D eigenvalue weighted by molar-refractivity contribution is 1.19. The highest BCUT2D eigenvalue weighted by atomic mass is 32.1. The molecular formula is C7H7N3S. The van der Waals surface area contributed by atoms with Crippen LogP contribution in [0.3, 0.4) is 0 Å². The number of aromatic nitrogens is 2. The molecule has 1 aromatic carbocycles. The van der Waals surface area contributed by atoms with Gasteiger partial charge in [0.2, 0.25) is 0 Å². The Morgan fingerprint density at radius 2 is 2.27 bits per heavy atom. The largest absolute Gasteiger partial charge is 0.399 e. The highest BCUT2D eigenvalue weighted by Crippen LogP contribution is 2.21. The van der Waals surface area contributed by atoms with E-state index < -0.39 is 0 Å². The average molecular weight is 165 g/mol. The van der Waals surface area contributed by atoms with E-state index in [0.717, 1.165) is 21.5 Å². The average Bonchev–Trinajstić information content (AvgIpc) is 2.34. The third-order valence-electron chi connectivity index (χ3n) is 1.57. The van der Waals surface area contributed by atoms with E-state index in [1.165, 1.54) is 11.5 Å². The second-order valence-corrected chi connectivity index (χ2v) is 3.24. The molecule has 3 nitrogen and oxygen atoms in total. The lowest BCUT2D eigenvalue weighted by Crippen LogP contribution is -1.85. The van der Waals surface area contributed by atoms with Crippen LogP contribution in [0.2, 0.25) is 0 Å². The van der Waals surface area contributed by atoms with Crippen LogP contribution in [-0.4, -0.2) is 9.59 Å². The number of hydrogen-bond acceptors (Lipinski definition) is 4. The molecular weight excluding hydrogens is 158 g/mol. The van der Waals surface area contributed by atoms with Crippen LogP contribution in [0.1, 0.15) is 5.56 Å². The Morgan fingerprint density at radius 3 is 3.09 bits per heavy atom. The van der Waals surface area contributed by atoms with Gasteiger partial charge in [0.25, 0.3) is 0 Å². The minimum Gasteiger partial charge on any atom is -0.399 e. The minimum absolute atomic E-state index is 0.779. The van der Waals surface area contributed by atoms with Crippen LogP contribution in [0, 0.1) is 6.92 Å². The normalized spacial score (nSPS) is 10.6. The molecule has 0 bridgehead atoms. The van der Waals surface area contributed by atoms with E-state index in [1.807, 2.05) is 19.1 Å². The van der Waals surface area contributed by atoms with Crippen molar-refractivity contribution in [1.82, 2.24) is 9.59 Å². The monoisotopic (exact) mass is 165 g/mol. The summed E-state index contributed by atoms with van der Waals surface area (Å²) in [5, 5.41) is 3.97. The van der Waals surface area contributed by atoms with E-state index in [0.29, 0.717) is 0 Å². The zero-order valence-corrected chi connectivity index (χ0v) is 6.85. The van der Waals surface area contributed by atoms with Gasteiger partial charge in [-0.25, -0.2) is 0 Å². The smallest absolute Gasteiger partial charge is 0.109 e. The van der Waals surface area contributed by atoms with Crippen molar-refractivity contribution in [3.63, 3.8) is 0 Å². The fourth-order valence-corrected chi connectivity index (χ4v) is 1.76. The van der Waals surface area contributed by atoms with Crippen molar-refractivity contribution in [3.8, 4) is 0 Å². The molecule has 0 spiro atoms. The van der Waals surface area contributed by atoms with Gasteiger partial charge in [-0.2, -0.15) is 0 Å². The maximum absolute atomic E-state index is 5.64. The van der Waals surface area contributed by atoms with Gasteiger partial charge in [-0.3, -0.25) is 0 Å².